The number of hydrogen-bond donors (Lipinski definition) is 4. The topological polar surface area (TPSA) is 114 Å². The van der Waals surface area contributed by atoms with Gasteiger partial charge in [0, 0.05) is 23.5 Å². The second kappa shape index (κ2) is 9.17. The van der Waals surface area contributed by atoms with E-state index in [0.29, 0.717) is 33.5 Å². The Morgan fingerprint density at radius 1 is 1.09 bits per heavy atom. The molecule has 164 valence electrons. The summed E-state index contributed by atoms with van der Waals surface area (Å²) in [4.78, 5) is 12.3. The molecule has 1 aromatic heterocycles. The molecule has 9 heteroatoms. The van der Waals surface area contributed by atoms with Crippen LogP contribution in [0.5, 0.6) is 5.75 Å². The Hall–Kier alpha value is -3.75. The molecular weight excluding hydrogens is 430 g/mol. The minimum absolute atomic E-state index is 0.366. The van der Waals surface area contributed by atoms with Crippen molar-refractivity contribution < 1.29 is 14.3 Å². The fraction of sp³-hybridized carbons (Fsp3) is 0.130. The molecule has 1 heterocycles. The van der Waals surface area contributed by atoms with Crippen LogP contribution in [0.4, 0.5) is 22.0 Å². The van der Waals surface area contributed by atoms with Crippen molar-refractivity contribution in [1.82, 2.24) is 10.2 Å². The van der Waals surface area contributed by atoms with Crippen LogP contribution in [0.15, 0.2) is 60.7 Å². The summed E-state index contributed by atoms with van der Waals surface area (Å²) in [7, 11) is 1.57. The van der Waals surface area contributed by atoms with E-state index in [9.17, 15) is 4.79 Å². The molecule has 0 bridgehead atoms. The highest BCUT2D eigenvalue weighted by Crippen LogP contribution is 2.37. The van der Waals surface area contributed by atoms with Crippen molar-refractivity contribution in [3.8, 4) is 16.9 Å². The zero-order valence-corrected chi connectivity index (χ0v) is 18.2. The number of nitrogen functional groups attached to an aromatic ring is 1. The zero-order valence-electron chi connectivity index (χ0n) is 17.5. The third-order valence-electron chi connectivity index (χ3n) is 4.87. The first-order chi connectivity index (χ1) is 15.4. The smallest absolute Gasteiger partial charge is 0.323 e. The van der Waals surface area contributed by atoms with Crippen LogP contribution in [-0.2, 0) is 4.74 Å². The van der Waals surface area contributed by atoms with Crippen molar-refractivity contribution in [2.75, 3.05) is 23.5 Å². The number of halogens is 1. The molecule has 2 amide bonds. The van der Waals surface area contributed by atoms with E-state index in [1.165, 1.54) is 0 Å². The van der Waals surface area contributed by atoms with Crippen LogP contribution in [0.2, 0.25) is 5.02 Å². The van der Waals surface area contributed by atoms with Gasteiger partial charge in [0.05, 0.1) is 5.39 Å². The Balaban J connectivity index is 1.54. The van der Waals surface area contributed by atoms with Crippen molar-refractivity contribution >= 4 is 45.7 Å². The molecule has 3 aromatic carbocycles. The summed E-state index contributed by atoms with van der Waals surface area (Å²) in [5.74, 6) is 0.965. The number of carbonyl (C=O) groups excluding carboxylic acids is 1. The van der Waals surface area contributed by atoms with Crippen LogP contribution in [-0.4, -0.2) is 29.6 Å². The second-order valence-corrected chi connectivity index (χ2v) is 7.49. The number of amides is 2. The van der Waals surface area contributed by atoms with Crippen LogP contribution >= 0.6 is 11.6 Å². The number of H-pyrrole nitrogens is 1. The number of nitrogens with zero attached hydrogens (tertiary/aromatic N) is 1. The molecule has 0 fully saturated rings. The van der Waals surface area contributed by atoms with Gasteiger partial charge in [-0.05, 0) is 60.5 Å². The maximum atomic E-state index is 12.3. The highest BCUT2D eigenvalue weighted by Gasteiger charge is 2.16. The summed E-state index contributed by atoms with van der Waals surface area (Å²) in [6.45, 7) is 1.80. The van der Waals surface area contributed by atoms with E-state index in [-0.39, 0.29) is 6.03 Å². The summed E-state index contributed by atoms with van der Waals surface area (Å²) in [6, 6.07) is 17.7. The summed E-state index contributed by atoms with van der Waals surface area (Å²) in [5.41, 5.74) is 9.85. The normalized spacial score (nSPS) is 11.8. The maximum absolute atomic E-state index is 12.3. The molecule has 0 saturated heterocycles. The van der Waals surface area contributed by atoms with Crippen molar-refractivity contribution in [2.24, 2.45) is 0 Å². The Kier molecular flexibility index (Phi) is 6.16. The van der Waals surface area contributed by atoms with Gasteiger partial charge in [0.2, 0.25) is 0 Å². The minimum atomic E-state index is -0.419. The number of hydrogen-bond acceptors (Lipinski definition) is 5. The van der Waals surface area contributed by atoms with Crippen molar-refractivity contribution in [3.63, 3.8) is 0 Å². The quantitative estimate of drug-likeness (QED) is 0.290. The molecule has 0 aliphatic carbocycles. The number of benzene rings is 3. The number of nitrogens with one attached hydrogen (secondary N) is 3. The standard InChI is InChI=1S/C23H22ClN5O3/c1-13(31-2)32-19-11-10-18(20-21(19)28-29-22(20)25)14-6-8-16(9-7-14)26-23(30)27-17-5-3-4-15(24)12-17/h3-13H,1-2H3,(H3,25,28,29)(H2,26,27,30). The molecular formula is C23H22ClN5O3. The number of ether oxygens (including phenoxy) is 2. The lowest BCUT2D eigenvalue weighted by atomic mass is 10.0. The maximum Gasteiger partial charge on any atom is 0.323 e. The highest BCUT2D eigenvalue weighted by molar-refractivity contribution is 6.30. The number of anilines is 3. The van der Waals surface area contributed by atoms with Gasteiger partial charge in [-0.1, -0.05) is 29.8 Å². The first kappa shape index (κ1) is 21.5. The number of urea groups is 1. The predicted molar refractivity (Wildman–Crippen MR) is 127 cm³/mol. The largest absolute Gasteiger partial charge is 0.463 e. The fourth-order valence-corrected chi connectivity index (χ4v) is 3.48. The lowest BCUT2D eigenvalue weighted by Crippen LogP contribution is -2.19. The van der Waals surface area contributed by atoms with Crippen molar-refractivity contribution in [2.45, 2.75) is 13.2 Å². The van der Waals surface area contributed by atoms with E-state index in [1.807, 2.05) is 36.4 Å². The molecule has 0 radical (unpaired) electrons. The lowest BCUT2D eigenvalue weighted by molar-refractivity contribution is -0.0374. The second-order valence-electron chi connectivity index (χ2n) is 7.06. The summed E-state index contributed by atoms with van der Waals surface area (Å²) < 4.78 is 11.0. The molecule has 0 aliphatic rings. The Morgan fingerprint density at radius 2 is 1.84 bits per heavy atom. The van der Waals surface area contributed by atoms with Gasteiger partial charge >= 0.3 is 6.03 Å². The van der Waals surface area contributed by atoms with E-state index in [2.05, 4.69) is 20.8 Å². The Labute approximate surface area is 189 Å². The van der Waals surface area contributed by atoms with E-state index in [4.69, 9.17) is 26.8 Å². The SMILES string of the molecule is COC(C)Oc1ccc(-c2ccc(NC(=O)Nc3cccc(Cl)c3)cc2)c2c(N)n[nH]c12. The molecule has 1 atom stereocenters. The predicted octanol–water partition coefficient (Wildman–Crippen LogP) is 5.48. The van der Waals surface area contributed by atoms with Gasteiger partial charge in [-0.3, -0.25) is 5.10 Å². The van der Waals surface area contributed by atoms with E-state index < -0.39 is 6.29 Å². The van der Waals surface area contributed by atoms with E-state index in [0.717, 1.165) is 16.5 Å². The third-order valence-corrected chi connectivity index (χ3v) is 5.11. The number of nitrogens with two attached hydrogens (primary N) is 1. The fourth-order valence-electron chi connectivity index (χ4n) is 3.29. The number of methoxy groups -OCH3 is 1. The lowest BCUT2D eigenvalue weighted by Gasteiger charge is -2.14. The first-order valence-electron chi connectivity index (χ1n) is 9.84. The molecule has 8 nitrogen and oxygen atoms in total. The number of aromatic amines is 1. The molecule has 0 aliphatic heterocycles. The van der Waals surface area contributed by atoms with E-state index >= 15 is 0 Å². The Bertz CT molecular complexity index is 1260. The van der Waals surface area contributed by atoms with Gasteiger partial charge in [0.1, 0.15) is 11.3 Å². The van der Waals surface area contributed by atoms with Gasteiger partial charge in [0.15, 0.2) is 12.1 Å². The van der Waals surface area contributed by atoms with Gasteiger partial charge in [-0.2, -0.15) is 5.10 Å². The third kappa shape index (κ3) is 4.61. The van der Waals surface area contributed by atoms with Crippen molar-refractivity contribution in [3.05, 3.63) is 65.7 Å². The number of fused-ring (bicyclic) bond motifs is 1. The molecule has 0 spiro atoms. The van der Waals surface area contributed by atoms with Gasteiger partial charge < -0.3 is 25.8 Å². The monoisotopic (exact) mass is 451 g/mol. The van der Waals surface area contributed by atoms with Crippen LogP contribution in [0.25, 0.3) is 22.0 Å². The average Bonchev–Trinajstić information content (AvgIpc) is 3.17. The van der Waals surface area contributed by atoms with Gasteiger partial charge in [-0.15, -0.1) is 0 Å². The Morgan fingerprint density at radius 3 is 2.56 bits per heavy atom. The van der Waals surface area contributed by atoms with Gasteiger partial charge in [0.25, 0.3) is 0 Å². The average molecular weight is 452 g/mol. The molecule has 5 N–H and O–H groups in total. The van der Waals surface area contributed by atoms with Gasteiger partial charge in [-0.25, -0.2) is 4.79 Å². The molecule has 1 unspecified atom stereocenters. The van der Waals surface area contributed by atoms with Crippen LogP contribution in [0, 0.1) is 0 Å². The molecule has 32 heavy (non-hydrogen) atoms. The molecule has 4 aromatic rings. The summed E-state index contributed by atoms with van der Waals surface area (Å²) >= 11 is 5.95. The number of rotatable bonds is 6. The number of carbonyl (C=O) groups is 1. The van der Waals surface area contributed by atoms with E-state index in [1.54, 1.807) is 38.3 Å². The summed E-state index contributed by atoms with van der Waals surface area (Å²) in [5, 5.41) is 13.9. The number of aromatic nitrogens is 2. The zero-order chi connectivity index (χ0) is 22.7. The van der Waals surface area contributed by atoms with Crippen LogP contribution in [0.3, 0.4) is 0 Å². The van der Waals surface area contributed by atoms with Crippen LogP contribution < -0.4 is 21.1 Å². The molecule has 0 saturated carbocycles. The minimum Gasteiger partial charge on any atom is -0.463 e. The summed E-state index contributed by atoms with van der Waals surface area (Å²) in [6.07, 6.45) is -0.419. The van der Waals surface area contributed by atoms with Crippen LogP contribution in [0.1, 0.15) is 6.92 Å². The highest BCUT2D eigenvalue weighted by atomic mass is 35.5. The van der Waals surface area contributed by atoms with Crippen molar-refractivity contribution in [1.29, 1.82) is 0 Å². The molecule has 4 rings (SSSR count). The first-order valence-corrected chi connectivity index (χ1v) is 10.2.